The summed E-state index contributed by atoms with van der Waals surface area (Å²) in [5.41, 5.74) is 1.22. The first-order chi connectivity index (χ1) is 5.76. The maximum absolute atomic E-state index is 4.08. The molecule has 0 aromatic carbocycles. The molecule has 1 nitrogen and oxygen atoms in total. The Morgan fingerprint density at radius 3 is 2.42 bits per heavy atom. The zero-order valence-corrected chi connectivity index (χ0v) is 8.47. The molecule has 0 saturated heterocycles. The molecule has 1 unspecified atom stereocenters. The van der Waals surface area contributed by atoms with E-state index in [1.807, 2.05) is 0 Å². The van der Waals surface area contributed by atoms with Crippen LogP contribution in [-0.4, -0.2) is 12.8 Å². The summed E-state index contributed by atoms with van der Waals surface area (Å²) < 4.78 is 0. The Balaban J connectivity index is 3.67. The van der Waals surface area contributed by atoms with Gasteiger partial charge in [0.2, 0.25) is 0 Å². The van der Waals surface area contributed by atoms with E-state index in [0.29, 0.717) is 6.04 Å². The van der Waals surface area contributed by atoms with Crippen LogP contribution in [0.4, 0.5) is 0 Å². The second-order valence-corrected chi connectivity index (χ2v) is 3.21. The van der Waals surface area contributed by atoms with Crippen LogP contribution in [0.1, 0.15) is 46.0 Å². The molecule has 0 aliphatic rings. The highest BCUT2D eigenvalue weighted by molar-refractivity contribution is 5.26. The van der Waals surface area contributed by atoms with Crippen LogP contribution in [0.3, 0.4) is 0 Å². The third kappa shape index (κ3) is 4.32. The van der Waals surface area contributed by atoms with Crippen molar-refractivity contribution < 1.29 is 0 Å². The van der Waals surface area contributed by atoms with Crippen molar-refractivity contribution in [2.24, 2.45) is 4.99 Å². The molecule has 0 rings (SSSR count). The molecule has 0 fully saturated rings. The summed E-state index contributed by atoms with van der Waals surface area (Å²) >= 11 is 0. The molecule has 70 valence electrons. The van der Waals surface area contributed by atoms with E-state index < -0.39 is 0 Å². The fourth-order valence-corrected chi connectivity index (χ4v) is 1.25. The lowest BCUT2D eigenvalue weighted by molar-refractivity contribution is 0.602. The summed E-state index contributed by atoms with van der Waals surface area (Å²) in [5.74, 6) is 0. The first-order valence-corrected chi connectivity index (χ1v) is 4.89. The van der Waals surface area contributed by atoms with Crippen LogP contribution in [0.15, 0.2) is 17.1 Å². The Bertz CT molecular complexity index is 138. The van der Waals surface area contributed by atoms with Gasteiger partial charge < -0.3 is 0 Å². The van der Waals surface area contributed by atoms with Crippen LogP contribution in [0, 0.1) is 0 Å². The van der Waals surface area contributed by atoms with Crippen LogP contribution < -0.4 is 0 Å². The number of unbranched alkanes of at least 4 members (excludes halogenated alkanes) is 2. The largest absolute Gasteiger partial charge is 0.293 e. The Labute approximate surface area is 76.6 Å². The van der Waals surface area contributed by atoms with E-state index in [-0.39, 0.29) is 0 Å². The Morgan fingerprint density at radius 2 is 2.00 bits per heavy atom. The topological polar surface area (TPSA) is 12.4 Å². The van der Waals surface area contributed by atoms with Gasteiger partial charge in [0.05, 0.1) is 6.04 Å². The molecule has 12 heavy (non-hydrogen) atoms. The predicted molar refractivity (Wildman–Crippen MR) is 56.9 cm³/mol. The molecule has 0 amide bonds. The van der Waals surface area contributed by atoms with Crippen molar-refractivity contribution in [2.75, 3.05) is 0 Å². The van der Waals surface area contributed by atoms with E-state index in [1.54, 1.807) is 0 Å². The van der Waals surface area contributed by atoms with Gasteiger partial charge in [-0.15, -0.1) is 0 Å². The van der Waals surface area contributed by atoms with Crippen LogP contribution >= 0.6 is 0 Å². The molecule has 1 atom stereocenters. The molecule has 0 radical (unpaired) electrons. The summed E-state index contributed by atoms with van der Waals surface area (Å²) in [5, 5.41) is 0. The van der Waals surface area contributed by atoms with Gasteiger partial charge in [0.15, 0.2) is 0 Å². The fourth-order valence-electron chi connectivity index (χ4n) is 1.25. The molecule has 0 bridgehead atoms. The normalized spacial score (nSPS) is 12.5. The van der Waals surface area contributed by atoms with Gasteiger partial charge in [0, 0.05) is 0 Å². The van der Waals surface area contributed by atoms with Crippen molar-refractivity contribution >= 4 is 6.72 Å². The Morgan fingerprint density at radius 1 is 1.33 bits per heavy atom. The minimum Gasteiger partial charge on any atom is -0.293 e. The quantitative estimate of drug-likeness (QED) is 0.312. The molecular formula is C11H21N. The van der Waals surface area contributed by atoms with Crippen LogP contribution in [0.5, 0.6) is 0 Å². The summed E-state index contributed by atoms with van der Waals surface area (Å²) in [6, 6.07) is 0.307. The molecular weight excluding hydrogens is 146 g/mol. The molecule has 0 heterocycles. The second kappa shape index (κ2) is 7.08. The third-order valence-electron chi connectivity index (χ3n) is 2.23. The molecule has 0 aromatic rings. The minimum absolute atomic E-state index is 0.307. The van der Waals surface area contributed by atoms with Crippen molar-refractivity contribution in [2.45, 2.75) is 52.0 Å². The first-order valence-electron chi connectivity index (χ1n) is 4.89. The summed E-state index contributed by atoms with van der Waals surface area (Å²) in [4.78, 5) is 4.08. The number of hydrogen-bond donors (Lipinski definition) is 0. The highest BCUT2D eigenvalue weighted by Crippen LogP contribution is 2.15. The van der Waals surface area contributed by atoms with Gasteiger partial charge in [-0.2, -0.15) is 0 Å². The van der Waals surface area contributed by atoms with Crippen molar-refractivity contribution in [3.05, 3.63) is 12.2 Å². The zero-order chi connectivity index (χ0) is 9.40. The predicted octanol–water partition coefficient (Wildman–Crippen LogP) is 3.60. The van der Waals surface area contributed by atoms with Crippen molar-refractivity contribution in [1.29, 1.82) is 0 Å². The Kier molecular flexibility index (Phi) is 6.73. The number of aliphatic imine (C=N–C) groups is 1. The molecule has 0 aliphatic carbocycles. The van der Waals surface area contributed by atoms with Crippen LogP contribution in [-0.2, 0) is 0 Å². The number of nitrogens with zero attached hydrogens (tertiary/aromatic N) is 1. The van der Waals surface area contributed by atoms with Crippen LogP contribution in [0.2, 0.25) is 0 Å². The number of rotatable bonds is 7. The maximum Gasteiger partial charge on any atom is 0.0699 e. The van der Waals surface area contributed by atoms with Crippen molar-refractivity contribution in [3.63, 3.8) is 0 Å². The molecule has 0 N–H and O–H groups in total. The fraction of sp³-hybridized carbons (Fsp3) is 0.727. The van der Waals surface area contributed by atoms with Gasteiger partial charge in [-0.05, 0) is 19.6 Å². The van der Waals surface area contributed by atoms with E-state index >= 15 is 0 Å². The monoisotopic (exact) mass is 167 g/mol. The average Bonchev–Trinajstić information content (AvgIpc) is 2.11. The van der Waals surface area contributed by atoms with Gasteiger partial charge in [-0.25, -0.2) is 0 Å². The van der Waals surface area contributed by atoms with Crippen molar-refractivity contribution in [1.82, 2.24) is 0 Å². The van der Waals surface area contributed by atoms with E-state index in [4.69, 9.17) is 0 Å². The van der Waals surface area contributed by atoms with E-state index in [2.05, 4.69) is 32.1 Å². The molecule has 0 saturated carbocycles. The van der Waals surface area contributed by atoms with Gasteiger partial charge in [0.25, 0.3) is 0 Å². The van der Waals surface area contributed by atoms with Gasteiger partial charge >= 0.3 is 0 Å². The van der Waals surface area contributed by atoms with Gasteiger partial charge in [-0.1, -0.05) is 45.3 Å². The SMILES string of the molecule is C=NC(CCCCC)C(=C)CC. The lowest BCUT2D eigenvalue weighted by Gasteiger charge is -2.12. The zero-order valence-electron chi connectivity index (χ0n) is 8.47. The lowest BCUT2D eigenvalue weighted by Crippen LogP contribution is -2.06. The van der Waals surface area contributed by atoms with Crippen molar-refractivity contribution in [3.8, 4) is 0 Å². The van der Waals surface area contributed by atoms with E-state index in [9.17, 15) is 0 Å². The summed E-state index contributed by atoms with van der Waals surface area (Å²) in [7, 11) is 0. The smallest absolute Gasteiger partial charge is 0.0699 e. The van der Waals surface area contributed by atoms with Crippen LogP contribution in [0.25, 0.3) is 0 Å². The van der Waals surface area contributed by atoms with E-state index in [1.165, 1.54) is 24.8 Å². The standard InChI is InChI=1S/C11H21N/c1-5-7-8-9-11(12-4)10(3)6-2/h11H,3-9H2,1-2H3. The molecule has 0 aromatic heterocycles. The number of hydrogen-bond acceptors (Lipinski definition) is 1. The van der Waals surface area contributed by atoms with Gasteiger partial charge in [-0.3, -0.25) is 4.99 Å². The van der Waals surface area contributed by atoms with E-state index in [0.717, 1.165) is 12.8 Å². The molecule has 0 aliphatic heterocycles. The molecule has 0 spiro atoms. The Hall–Kier alpha value is -0.590. The summed E-state index contributed by atoms with van der Waals surface area (Å²) in [6.45, 7) is 11.9. The average molecular weight is 167 g/mol. The second-order valence-electron chi connectivity index (χ2n) is 3.21. The molecule has 1 heteroatoms. The maximum atomic E-state index is 4.08. The summed E-state index contributed by atoms with van der Waals surface area (Å²) in [6.07, 6.45) is 5.96. The third-order valence-corrected chi connectivity index (χ3v) is 2.23. The first kappa shape index (κ1) is 11.4. The lowest BCUT2D eigenvalue weighted by atomic mass is 10.0. The highest BCUT2D eigenvalue weighted by Gasteiger charge is 2.06. The highest BCUT2D eigenvalue weighted by atomic mass is 14.7. The van der Waals surface area contributed by atoms with Gasteiger partial charge in [0.1, 0.15) is 0 Å². The minimum atomic E-state index is 0.307.